The minimum absolute atomic E-state index is 0.141. The van der Waals surface area contributed by atoms with Gasteiger partial charge in [-0.2, -0.15) is 0 Å². The molecule has 3 rings (SSSR count). The molecule has 0 saturated heterocycles. The lowest BCUT2D eigenvalue weighted by Crippen LogP contribution is -2.34. The third kappa shape index (κ3) is 3.11. The number of aliphatic carboxylic acids is 1. The second-order valence-electron chi connectivity index (χ2n) is 9.60. The minimum atomic E-state index is -0.965. The molecule has 150 valence electrons. The fraction of sp³-hybridized carbons (Fsp3) is 0.480. The molecule has 0 bridgehead atoms. The van der Waals surface area contributed by atoms with E-state index in [1.165, 1.54) is 35.1 Å². The van der Waals surface area contributed by atoms with E-state index in [1.54, 1.807) is 0 Å². The predicted octanol–water partition coefficient (Wildman–Crippen LogP) is 6.01. The number of hydrogen-bond acceptors (Lipinski definition) is 1. The number of aromatic nitrogens is 1. The number of fused-ring (bicyclic) bond motifs is 1. The van der Waals surface area contributed by atoms with Crippen molar-refractivity contribution < 1.29 is 9.90 Å². The van der Waals surface area contributed by atoms with Crippen LogP contribution in [0.2, 0.25) is 0 Å². The molecule has 0 amide bonds. The number of carboxylic acid groups (broad SMARTS) is 1. The van der Waals surface area contributed by atoms with Crippen LogP contribution in [0, 0.1) is 6.92 Å². The van der Waals surface area contributed by atoms with Gasteiger partial charge in [-0.05, 0) is 70.9 Å². The molecule has 0 atom stereocenters. The maximum Gasteiger partial charge on any atom is 0.337 e. The van der Waals surface area contributed by atoms with Crippen molar-refractivity contribution in [1.29, 1.82) is 0 Å². The summed E-state index contributed by atoms with van der Waals surface area (Å²) in [6.45, 7) is 17.4. The Labute approximate surface area is 169 Å². The molecule has 3 nitrogen and oxygen atoms in total. The fourth-order valence-electron chi connectivity index (χ4n) is 4.78. The van der Waals surface area contributed by atoms with E-state index in [1.807, 2.05) is 11.6 Å². The van der Waals surface area contributed by atoms with Gasteiger partial charge in [0.05, 0.1) is 11.3 Å². The third-order valence-corrected chi connectivity index (χ3v) is 6.67. The summed E-state index contributed by atoms with van der Waals surface area (Å²) in [5, 5.41) is 9.49. The monoisotopic (exact) mass is 379 g/mol. The number of carboxylic acids is 1. The summed E-state index contributed by atoms with van der Waals surface area (Å²) in [4.78, 5) is 11.6. The van der Waals surface area contributed by atoms with Crippen LogP contribution in [0.15, 0.2) is 24.9 Å². The molecule has 1 aromatic heterocycles. The van der Waals surface area contributed by atoms with Crippen LogP contribution in [0.25, 0.3) is 16.7 Å². The third-order valence-electron chi connectivity index (χ3n) is 6.67. The van der Waals surface area contributed by atoms with Crippen molar-refractivity contribution in [2.24, 2.45) is 7.05 Å². The van der Waals surface area contributed by atoms with Crippen LogP contribution >= 0.6 is 0 Å². The van der Waals surface area contributed by atoms with E-state index in [9.17, 15) is 9.90 Å². The molecule has 1 aliphatic carbocycles. The molecule has 2 aromatic rings. The summed E-state index contributed by atoms with van der Waals surface area (Å²) in [6, 6.07) is 4.73. The van der Waals surface area contributed by atoms with Gasteiger partial charge in [0.1, 0.15) is 0 Å². The van der Waals surface area contributed by atoms with Crippen LogP contribution in [0.5, 0.6) is 0 Å². The number of carbonyl (C=O) groups is 1. The Morgan fingerprint density at radius 2 is 1.64 bits per heavy atom. The van der Waals surface area contributed by atoms with Crippen LogP contribution in [-0.4, -0.2) is 15.6 Å². The molecule has 0 aliphatic heterocycles. The quantitative estimate of drug-likeness (QED) is 0.661. The Kier molecular flexibility index (Phi) is 4.85. The molecular weight excluding hydrogens is 346 g/mol. The first kappa shape index (κ1) is 20.4. The van der Waals surface area contributed by atoms with Gasteiger partial charge in [0.15, 0.2) is 0 Å². The molecule has 0 spiro atoms. The van der Waals surface area contributed by atoms with E-state index in [0.717, 1.165) is 23.2 Å². The second-order valence-corrected chi connectivity index (χ2v) is 9.60. The Morgan fingerprint density at radius 1 is 1.11 bits per heavy atom. The molecule has 1 aromatic carbocycles. The van der Waals surface area contributed by atoms with Crippen LogP contribution < -0.4 is 0 Å². The normalized spacial score (nSPS) is 17.2. The number of rotatable bonds is 4. The zero-order valence-corrected chi connectivity index (χ0v) is 18.4. The molecule has 3 heteroatoms. The van der Waals surface area contributed by atoms with Crippen LogP contribution in [0.4, 0.5) is 0 Å². The van der Waals surface area contributed by atoms with E-state index in [4.69, 9.17) is 0 Å². The largest absolute Gasteiger partial charge is 0.478 e. The highest BCUT2D eigenvalue weighted by molar-refractivity contribution is 6.14. The van der Waals surface area contributed by atoms with Crippen molar-refractivity contribution in [3.8, 4) is 11.1 Å². The highest BCUT2D eigenvalue weighted by atomic mass is 16.4. The molecule has 1 N–H and O–H groups in total. The summed E-state index contributed by atoms with van der Waals surface area (Å²) in [5.41, 5.74) is 8.72. The Hall–Kier alpha value is -2.29. The summed E-state index contributed by atoms with van der Waals surface area (Å²) >= 11 is 0. The van der Waals surface area contributed by atoms with E-state index in [0.29, 0.717) is 0 Å². The van der Waals surface area contributed by atoms with E-state index in [-0.39, 0.29) is 16.4 Å². The fourth-order valence-corrected chi connectivity index (χ4v) is 4.78. The first-order valence-electron chi connectivity index (χ1n) is 10.2. The summed E-state index contributed by atoms with van der Waals surface area (Å²) < 4.78 is 1.92. The average molecular weight is 380 g/mol. The second kappa shape index (κ2) is 6.65. The topological polar surface area (TPSA) is 42.2 Å². The molecule has 28 heavy (non-hydrogen) atoms. The molecular formula is C25H33NO2. The first-order chi connectivity index (χ1) is 12.9. The first-order valence-corrected chi connectivity index (χ1v) is 10.2. The smallest absolute Gasteiger partial charge is 0.337 e. The summed E-state index contributed by atoms with van der Waals surface area (Å²) in [6.07, 6.45) is 5.20. The van der Waals surface area contributed by atoms with Crippen molar-refractivity contribution in [3.63, 3.8) is 0 Å². The molecule has 0 unspecified atom stereocenters. The van der Waals surface area contributed by atoms with Gasteiger partial charge in [-0.3, -0.25) is 0 Å². The van der Waals surface area contributed by atoms with Gasteiger partial charge < -0.3 is 9.67 Å². The molecule has 1 heterocycles. The Balaban J connectivity index is 2.28. The van der Waals surface area contributed by atoms with Gasteiger partial charge >= 0.3 is 5.97 Å². The predicted molar refractivity (Wildman–Crippen MR) is 117 cm³/mol. The van der Waals surface area contributed by atoms with Gasteiger partial charge in [-0.25, -0.2) is 4.79 Å². The Bertz CT molecular complexity index is 973. The number of hydrogen-bond donors (Lipinski definition) is 1. The molecule has 0 fully saturated rings. The summed E-state index contributed by atoms with van der Waals surface area (Å²) in [7, 11) is 1.91. The van der Waals surface area contributed by atoms with Crippen LogP contribution in [0.3, 0.4) is 0 Å². The number of benzene rings is 1. The molecule has 0 saturated carbocycles. The van der Waals surface area contributed by atoms with Gasteiger partial charge in [-0.15, -0.1) is 0 Å². The number of aryl methyl sites for hydroxylation is 2. The van der Waals surface area contributed by atoms with E-state index >= 15 is 0 Å². The highest BCUT2D eigenvalue weighted by Gasteiger charge is 2.37. The SMILES string of the molecule is C=C(C(=O)O)c1c(CC)c(-c2cc3c(cc2C)C(C)(C)CCC3(C)C)cn1C. The van der Waals surface area contributed by atoms with Gasteiger partial charge in [0.25, 0.3) is 0 Å². The lowest BCUT2D eigenvalue weighted by atomic mass is 9.62. The van der Waals surface area contributed by atoms with Crippen molar-refractivity contribution >= 4 is 11.5 Å². The standard InChI is InChI=1S/C25H33NO2/c1-9-17-19(14-26(8)22(17)16(3)23(27)28)18-13-21-20(12-15(18)2)24(4,5)10-11-25(21,6)7/h12-14H,3,9-11H2,1-2,4-8H3,(H,27,28). The van der Waals surface area contributed by atoms with Crippen molar-refractivity contribution in [2.45, 2.75) is 71.6 Å². The van der Waals surface area contributed by atoms with Crippen molar-refractivity contribution in [3.05, 3.63) is 52.9 Å². The Morgan fingerprint density at radius 3 is 2.14 bits per heavy atom. The van der Waals surface area contributed by atoms with Gasteiger partial charge in [-0.1, -0.05) is 47.3 Å². The molecule has 1 aliphatic rings. The lowest BCUT2D eigenvalue weighted by molar-refractivity contribution is -0.130. The lowest BCUT2D eigenvalue weighted by Gasteiger charge is -2.42. The maximum absolute atomic E-state index is 11.6. The zero-order chi connectivity index (χ0) is 21.0. The van der Waals surface area contributed by atoms with Gasteiger partial charge in [0, 0.05) is 18.8 Å². The molecule has 0 radical (unpaired) electrons. The van der Waals surface area contributed by atoms with Crippen LogP contribution in [-0.2, 0) is 29.1 Å². The summed E-state index contributed by atoms with van der Waals surface area (Å²) in [5.74, 6) is -0.965. The maximum atomic E-state index is 11.6. The minimum Gasteiger partial charge on any atom is -0.478 e. The van der Waals surface area contributed by atoms with Crippen molar-refractivity contribution in [1.82, 2.24) is 4.57 Å². The zero-order valence-electron chi connectivity index (χ0n) is 18.4. The highest BCUT2D eigenvalue weighted by Crippen LogP contribution is 2.48. The van der Waals surface area contributed by atoms with Crippen molar-refractivity contribution in [2.75, 3.05) is 0 Å². The average Bonchev–Trinajstić information content (AvgIpc) is 2.94. The van der Waals surface area contributed by atoms with E-state index in [2.05, 4.69) is 66.5 Å². The van der Waals surface area contributed by atoms with Gasteiger partial charge in [0.2, 0.25) is 0 Å². The van der Waals surface area contributed by atoms with Crippen LogP contribution in [0.1, 0.15) is 75.4 Å². The van der Waals surface area contributed by atoms with E-state index < -0.39 is 5.97 Å². The number of nitrogens with zero attached hydrogens (tertiary/aromatic N) is 1.